The zero-order chi connectivity index (χ0) is 14.1. The summed E-state index contributed by atoms with van der Waals surface area (Å²) in [5.41, 5.74) is 1.52. The SMILES string of the molecule is Cn1cc(COc2ccccc2Cl)c2cccc(F)c21. The van der Waals surface area contributed by atoms with Crippen LogP contribution in [0.5, 0.6) is 5.75 Å². The molecule has 0 aliphatic heterocycles. The smallest absolute Gasteiger partial charge is 0.147 e. The van der Waals surface area contributed by atoms with Crippen LogP contribution in [0.4, 0.5) is 4.39 Å². The number of hydrogen-bond acceptors (Lipinski definition) is 1. The molecule has 0 aliphatic rings. The van der Waals surface area contributed by atoms with E-state index in [9.17, 15) is 4.39 Å². The Morgan fingerprint density at radius 3 is 2.75 bits per heavy atom. The van der Waals surface area contributed by atoms with Crippen molar-refractivity contribution >= 4 is 22.5 Å². The summed E-state index contributed by atoms with van der Waals surface area (Å²) in [7, 11) is 1.82. The number of rotatable bonds is 3. The number of nitrogens with zero attached hydrogens (tertiary/aromatic N) is 1. The van der Waals surface area contributed by atoms with Gasteiger partial charge in [-0.05, 0) is 18.2 Å². The summed E-state index contributed by atoms with van der Waals surface area (Å²) in [6.45, 7) is 0.352. The second-order valence-corrected chi connectivity index (χ2v) is 5.03. The second kappa shape index (κ2) is 5.17. The van der Waals surface area contributed by atoms with Crippen LogP contribution >= 0.6 is 11.6 Å². The first kappa shape index (κ1) is 13.0. The Hall–Kier alpha value is -2.00. The van der Waals surface area contributed by atoms with Crippen molar-refractivity contribution in [2.24, 2.45) is 7.05 Å². The number of ether oxygens (including phenoxy) is 1. The van der Waals surface area contributed by atoms with Gasteiger partial charge in [-0.2, -0.15) is 0 Å². The van der Waals surface area contributed by atoms with E-state index in [0.717, 1.165) is 10.9 Å². The van der Waals surface area contributed by atoms with Crippen molar-refractivity contribution < 1.29 is 9.13 Å². The van der Waals surface area contributed by atoms with Gasteiger partial charge in [0.15, 0.2) is 0 Å². The summed E-state index contributed by atoms with van der Waals surface area (Å²) in [6, 6.07) is 12.4. The topological polar surface area (TPSA) is 14.2 Å². The Kier molecular flexibility index (Phi) is 3.36. The number of para-hydroxylation sites is 2. The first-order valence-electron chi connectivity index (χ1n) is 6.26. The maximum Gasteiger partial charge on any atom is 0.147 e. The summed E-state index contributed by atoms with van der Waals surface area (Å²) >= 11 is 6.05. The van der Waals surface area contributed by atoms with Crippen molar-refractivity contribution in [3.63, 3.8) is 0 Å². The van der Waals surface area contributed by atoms with Gasteiger partial charge in [0.25, 0.3) is 0 Å². The number of aromatic nitrogens is 1. The van der Waals surface area contributed by atoms with Crippen LogP contribution in [-0.2, 0) is 13.7 Å². The summed E-state index contributed by atoms with van der Waals surface area (Å²) in [5, 5.41) is 1.43. The number of halogens is 2. The third-order valence-corrected chi connectivity index (χ3v) is 3.57. The Bertz CT molecular complexity index is 766. The van der Waals surface area contributed by atoms with E-state index in [1.807, 2.05) is 37.5 Å². The fraction of sp³-hybridized carbons (Fsp3) is 0.125. The van der Waals surface area contributed by atoms with E-state index >= 15 is 0 Å². The van der Waals surface area contributed by atoms with Crippen molar-refractivity contribution in [2.45, 2.75) is 6.61 Å². The van der Waals surface area contributed by atoms with Crippen LogP contribution in [0.3, 0.4) is 0 Å². The van der Waals surface area contributed by atoms with Crippen LogP contribution in [0, 0.1) is 5.82 Å². The first-order valence-corrected chi connectivity index (χ1v) is 6.64. The quantitative estimate of drug-likeness (QED) is 0.690. The van der Waals surface area contributed by atoms with Crippen molar-refractivity contribution in [3.05, 3.63) is 65.1 Å². The zero-order valence-electron chi connectivity index (χ0n) is 10.9. The van der Waals surface area contributed by atoms with Gasteiger partial charge in [-0.3, -0.25) is 0 Å². The highest BCUT2D eigenvalue weighted by molar-refractivity contribution is 6.32. The maximum absolute atomic E-state index is 13.8. The molecule has 102 valence electrons. The molecule has 0 amide bonds. The molecule has 1 heterocycles. The molecule has 0 saturated carbocycles. The molecule has 0 atom stereocenters. The molecule has 4 heteroatoms. The molecule has 0 saturated heterocycles. The second-order valence-electron chi connectivity index (χ2n) is 4.62. The molecule has 0 unspecified atom stereocenters. The minimum Gasteiger partial charge on any atom is -0.487 e. The highest BCUT2D eigenvalue weighted by Crippen LogP contribution is 2.27. The molecular formula is C16H13ClFNO. The summed E-state index contributed by atoms with van der Waals surface area (Å²) in [5.74, 6) is 0.400. The Morgan fingerprint density at radius 1 is 1.15 bits per heavy atom. The van der Waals surface area contributed by atoms with Gasteiger partial charge in [0, 0.05) is 24.2 Å². The Balaban J connectivity index is 1.93. The average molecular weight is 290 g/mol. The summed E-state index contributed by atoms with van der Waals surface area (Å²) in [6.07, 6.45) is 1.88. The molecule has 0 fully saturated rings. The first-order chi connectivity index (χ1) is 9.66. The molecule has 0 N–H and O–H groups in total. The number of fused-ring (bicyclic) bond motifs is 1. The molecule has 3 aromatic rings. The fourth-order valence-electron chi connectivity index (χ4n) is 2.33. The molecule has 2 nitrogen and oxygen atoms in total. The van der Waals surface area contributed by atoms with Crippen molar-refractivity contribution in [1.82, 2.24) is 4.57 Å². The molecule has 0 aliphatic carbocycles. The molecular weight excluding hydrogens is 277 g/mol. The number of benzene rings is 2. The van der Waals surface area contributed by atoms with E-state index < -0.39 is 0 Å². The number of hydrogen-bond donors (Lipinski definition) is 0. The van der Waals surface area contributed by atoms with Crippen LogP contribution in [0.1, 0.15) is 5.56 Å². The highest BCUT2D eigenvalue weighted by atomic mass is 35.5. The normalized spacial score (nSPS) is 10.9. The van der Waals surface area contributed by atoms with E-state index in [1.54, 1.807) is 16.7 Å². The third kappa shape index (κ3) is 2.25. The predicted octanol–water partition coefficient (Wildman–Crippen LogP) is 4.55. The van der Waals surface area contributed by atoms with Gasteiger partial charge in [-0.15, -0.1) is 0 Å². The van der Waals surface area contributed by atoms with Crippen LogP contribution in [0.15, 0.2) is 48.7 Å². The monoisotopic (exact) mass is 289 g/mol. The highest BCUT2D eigenvalue weighted by Gasteiger charge is 2.11. The van der Waals surface area contributed by atoms with E-state index in [0.29, 0.717) is 22.9 Å². The van der Waals surface area contributed by atoms with Crippen molar-refractivity contribution in [3.8, 4) is 5.75 Å². The summed E-state index contributed by atoms with van der Waals surface area (Å²) in [4.78, 5) is 0. The molecule has 0 bridgehead atoms. The summed E-state index contributed by atoms with van der Waals surface area (Å²) < 4.78 is 21.3. The van der Waals surface area contributed by atoms with Gasteiger partial charge in [-0.1, -0.05) is 35.9 Å². The van der Waals surface area contributed by atoms with Crippen LogP contribution in [0.2, 0.25) is 5.02 Å². The molecule has 1 aromatic heterocycles. The zero-order valence-corrected chi connectivity index (χ0v) is 11.7. The minimum atomic E-state index is -0.228. The standard InChI is InChI=1S/C16H13ClFNO/c1-19-9-11(12-5-4-7-14(18)16(12)19)10-20-15-8-3-2-6-13(15)17/h2-9H,10H2,1H3. The van der Waals surface area contributed by atoms with Crippen LogP contribution < -0.4 is 4.74 Å². The molecule has 2 aromatic carbocycles. The minimum absolute atomic E-state index is 0.228. The van der Waals surface area contributed by atoms with Gasteiger partial charge in [0.05, 0.1) is 10.5 Å². The predicted molar refractivity (Wildman–Crippen MR) is 78.7 cm³/mol. The Labute approximate surface area is 121 Å². The molecule has 0 spiro atoms. The van der Waals surface area contributed by atoms with Crippen molar-refractivity contribution in [2.75, 3.05) is 0 Å². The van der Waals surface area contributed by atoms with E-state index in [4.69, 9.17) is 16.3 Å². The third-order valence-electron chi connectivity index (χ3n) is 3.25. The largest absolute Gasteiger partial charge is 0.487 e. The lowest BCUT2D eigenvalue weighted by Crippen LogP contribution is -1.95. The van der Waals surface area contributed by atoms with Crippen LogP contribution in [-0.4, -0.2) is 4.57 Å². The fourth-order valence-corrected chi connectivity index (χ4v) is 2.52. The average Bonchev–Trinajstić information content (AvgIpc) is 2.76. The van der Waals surface area contributed by atoms with Gasteiger partial charge in [0.1, 0.15) is 18.2 Å². The van der Waals surface area contributed by atoms with Gasteiger partial charge < -0.3 is 9.30 Å². The van der Waals surface area contributed by atoms with Gasteiger partial charge in [0.2, 0.25) is 0 Å². The lowest BCUT2D eigenvalue weighted by Gasteiger charge is -2.06. The lowest BCUT2D eigenvalue weighted by molar-refractivity contribution is 0.307. The Morgan fingerprint density at radius 2 is 1.95 bits per heavy atom. The van der Waals surface area contributed by atoms with Crippen molar-refractivity contribution in [1.29, 1.82) is 0 Å². The van der Waals surface area contributed by atoms with Gasteiger partial charge >= 0.3 is 0 Å². The molecule has 0 radical (unpaired) electrons. The van der Waals surface area contributed by atoms with E-state index in [1.165, 1.54) is 6.07 Å². The number of aryl methyl sites for hydroxylation is 1. The van der Waals surface area contributed by atoms with Gasteiger partial charge in [-0.25, -0.2) is 4.39 Å². The maximum atomic E-state index is 13.8. The van der Waals surface area contributed by atoms with E-state index in [-0.39, 0.29) is 5.82 Å². The lowest BCUT2D eigenvalue weighted by atomic mass is 10.2. The molecule has 20 heavy (non-hydrogen) atoms. The van der Waals surface area contributed by atoms with Crippen LogP contribution in [0.25, 0.3) is 10.9 Å². The molecule has 3 rings (SSSR count). The van der Waals surface area contributed by atoms with E-state index in [2.05, 4.69) is 0 Å².